The van der Waals surface area contributed by atoms with Crippen LogP contribution in [0.25, 0.3) is 0 Å². The van der Waals surface area contributed by atoms with Gasteiger partial charge in [0.2, 0.25) is 0 Å². The molecule has 0 aliphatic carbocycles. The second-order valence-electron chi connectivity index (χ2n) is 3.94. The summed E-state index contributed by atoms with van der Waals surface area (Å²) in [5, 5.41) is 5.78. The second-order valence-corrected chi connectivity index (χ2v) is 4.89. The van der Waals surface area contributed by atoms with Crippen molar-refractivity contribution in [2.24, 2.45) is 5.92 Å². The third-order valence-corrected chi connectivity index (χ3v) is 3.58. The van der Waals surface area contributed by atoms with E-state index in [-0.39, 0.29) is 0 Å². The highest BCUT2D eigenvalue weighted by Crippen LogP contribution is 2.29. The van der Waals surface area contributed by atoms with Crippen LogP contribution < -0.4 is 5.32 Å². The molecular weight excluding hydrogens is 190 g/mol. The molecule has 1 heterocycles. The summed E-state index contributed by atoms with van der Waals surface area (Å²) in [6.45, 7) is 10.0. The normalized spacial score (nSPS) is 13.5. The fraction of sp³-hybridized carbons (Fsp3) is 0.667. The number of aryl methyl sites for hydroxylation is 1. The minimum absolute atomic E-state index is 0.537. The number of rotatable bonds is 5. The van der Waals surface area contributed by atoms with Crippen molar-refractivity contribution in [3.05, 3.63) is 21.9 Å². The summed E-state index contributed by atoms with van der Waals surface area (Å²) in [7, 11) is 0. The van der Waals surface area contributed by atoms with Crippen molar-refractivity contribution in [3.8, 4) is 0 Å². The molecule has 0 aliphatic rings. The lowest BCUT2D eigenvalue weighted by molar-refractivity contribution is 0.426. The maximum absolute atomic E-state index is 3.57. The standard InChI is InChI=1S/C12H21NS/c1-5-10-7-8-14-12(10)11(9(3)4)13-6-2/h7-9,11,13H,5-6H2,1-4H3. The molecule has 14 heavy (non-hydrogen) atoms. The highest BCUT2D eigenvalue weighted by Gasteiger charge is 2.18. The molecule has 80 valence electrons. The summed E-state index contributed by atoms with van der Waals surface area (Å²) in [5.74, 6) is 0.666. The zero-order chi connectivity index (χ0) is 10.6. The van der Waals surface area contributed by atoms with Gasteiger partial charge in [0.05, 0.1) is 0 Å². The van der Waals surface area contributed by atoms with Crippen molar-refractivity contribution in [1.29, 1.82) is 0 Å². The summed E-state index contributed by atoms with van der Waals surface area (Å²) in [6, 6.07) is 2.79. The number of nitrogens with one attached hydrogen (secondary N) is 1. The minimum Gasteiger partial charge on any atom is -0.309 e. The van der Waals surface area contributed by atoms with Crippen molar-refractivity contribution in [2.45, 2.75) is 40.2 Å². The Morgan fingerprint density at radius 2 is 2.07 bits per heavy atom. The molecule has 0 saturated heterocycles. The van der Waals surface area contributed by atoms with Crippen LogP contribution in [0.15, 0.2) is 11.4 Å². The Kier molecular flexibility index (Phi) is 4.63. The van der Waals surface area contributed by atoms with Gasteiger partial charge < -0.3 is 5.32 Å². The third-order valence-electron chi connectivity index (χ3n) is 2.53. The van der Waals surface area contributed by atoms with Crippen LogP contribution in [0.2, 0.25) is 0 Å². The van der Waals surface area contributed by atoms with Gasteiger partial charge in [-0.1, -0.05) is 27.7 Å². The van der Waals surface area contributed by atoms with E-state index in [9.17, 15) is 0 Å². The molecule has 1 aromatic rings. The predicted octanol–water partition coefficient (Wildman–Crippen LogP) is 3.62. The van der Waals surface area contributed by atoms with E-state index in [1.54, 1.807) is 0 Å². The molecule has 1 atom stereocenters. The molecule has 0 spiro atoms. The fourth-order valence-corrected chi connectivity index (χ4v) is 3.01. The Labute approximate surface area is 91.5 Å². The van der Waals surface area contributed by atoms with Crippen LogP contribution in [0.3, 0.4) is 0 Å². The molecule has 0 fully saturated rings. The summed E-state index contributed by atoms with van der Waals surface area (Å²) >= 11 is 1.89. The van der Waals surface area contributed by atoms with Gasteiger partial charge in [0.15, 0.2) is 0 Å². The van der Waals surface area contributed by atoms with Gasteiger partial charge in [-0.05, 0) is 35.9 Å². The van der Waals surface area contributed by atoms with Gasteiger partial charge in [-0.3, -0.25) is 0 Å². The Balaban J connectivity index is 2.86. The molecule has 1 unspecified atom stereocenters. The molecule has 0 bridgehead atoms. The van der Waals surface area contributed by atoms with E-state index in [1.165, 1.54) is 10.4 Å². The lowest BCUT2D eigenvalue weighted by Gasteiger charge is -2.21. The van der Waals surface area contributed by atoms with Crippen LogP contribution in [0.1, 0.15) is 44.2 Å². The van der Waals surface area contributed by atoms with Crippen LogP contribution >= 0.6 is 11.3 Å². The van der Waals surface area contributed by atoms with E-state index >= 15 is 0 Å². The Morgan fingerprint density at radius 3 is 2.57 bits per heavy atom. The largest absolute Gasteiger partial charge is 0.309 e. The molecule has 1 aromatic heterocycles. The van der Waals surface area contributed by atoms with Gasteiger partial charge in [-0.2, -0.15) is 0 Å². The highest BCUT2D eigenvalue weighted by atomic mass is 32.1. The lowest BCUT2D eigenvalue weighted by atomic mass is 9.99. The van der Waals surface area contributed by atoms with Crippen molar-refractivity contribution >= 4 is 11.3 Å². The summed E-state index contributed by atoms with van der Waals surface area (Å²) in [4.78, 5) is 1.53. The van der Waals surface area contributed by atoms with E-state index in [4.69, 9.17) is 0 Å². The molecule has 2 heteroatoms. The van der Waals surface area contributed by atoms with Crippen molar-refractivity contribution in [3.63, 3.8) is 0 Å². The molecule has 0 amide bonds. The Hall–Kier alpha value is -0.340. The van der Waals surface area contributed by atoms with Crippen molar-refractivity contribution in [2.75, 3.05) is 6.54 Å². The smallest absolute Gasteiger partial charge is 0.0440 e. The van der Waals surface area contributed by atoms with E-state index < -0.39 is 0 Å². The number of thiophene rings is 1. The fourth-order valence-electron chi connectivity index (χ4n) is 1.76. The maximum atomic E-state index is 3.57. The van der Waals surface area contributed by atoms with E-state index in [1.807, 2.05) is 11.3 Å². The van der Waals surface area contributed by atoms with E-state index in [0.717, 1.165) is 13.0 Å². The first kappa shape index (κ1) is 11.7. The third kappa shape index (κ3) is 2.58. The average Bonchev–Trinajstić information content (AvgIpc) is 2.61. The molecule has 1 rings (SSSR count). The SMILES string of the molecule is CCNC(c1sccc1CC)C(C)C. The number of hydrogen-bond donors (Lipinski definition) is 1. The van der Waals surface area contributed by atoms with Crippen LogP contribution in [0, 0.1) is 5.92 Å². The van der Waals surface area contributed by atoms with Crippen LogP contribution in [0.5, 0.6) is 0 Å². The molecule has 0 radical (unpaired) electrons. The van der Waals surface area contributed by atoms with Gasteiger partial charge in [0.25, 0.3) is 0 Å². The van der Waals surface area contributed by atoms with Gasteiger partial charge in [-0.25, -0.2) is 0 Å². The first-order valence-corrected chi connectivity index (χ1v) is 6.38. The topological polar surface area (TPSA) is 12.0 Å². The van der Waals surface area contributed by atoms with Crippen LogP contribution in [-0.2, 0) is 6.42 Å². The monoisotopic (exact) mass is 211 g/mol. The Bertz CT molecular complexity index is 265. The van der Waals surface area contributed by atoms with Gasteiger partial charge in [0, 0.05) is 10.9 Å². The summed E-state index contributed by atoms with van der Waals surface area (Å²) < 4.78 is 0. The molecule has 1 nitrogen and oxygen atoms in total. The minimum atomic E-state index is 0.537. The average molecular weight is 211 g/mol. The van der Waals surface area contributed by atoms with Gasteiger partial charge in [0.1, 0.15) is 0 Å². The van der Waals surface area contributed by atoms with Crippen LogP contribution in [-0.4, -0.2) is 6.54 Å². The maximum Gasteiger partial charge on any atom is 0.0440 e. The van der Waals surface area contributed by atoms with E-state index in [2.05, 4.69) is 44.5 Å². The Morgan fingerprint density at radius 1 is 1.36 bits per heavy atom. The second kappa shape index (κ2) is 5.52. The van der Waals surface area contributed by atoms with Gasteiger partial charge >= 0.3 is 0 Å². The summed E-state index contributed by atoms with van der Waals surface area (Å²) in [6.07, 6.45) is 1.15. The summed E-state index contributed by atoms with van der Waals surface area (Å²) in [5.41, 5.74) is 1.51. The molecule has 1 N–H and O–H groups in total. The van der Waals surface area contributed by atoms with Crippen LogP contribution in [0.4, 0.5) is 0 Å². The first-order valence-electron chi connectivity index (χ1n) is 5.50. The lowest BCUT2D eigenvalue weighted by Crippen LogP contribution is -2.25. The zero-order valence-corrected chi connectivity index (χ0v) is 10.4. The van der Waals surface area contributed by atoms with Gasteiger partial charge in [-0.15, -0.1) is 11.3 Å². The zero-order valence-electron chi connectivity index (χ0n) is 9.63. The molecular formula is C12H21NS. The first-order chi connectivity index (χ1) is 6.70. The highest BCUT2D eigenvalue weighted by molar-refractivity contribution is 7.10. The van der Waals surface area contributed by atoms with Crippen molar-refractivity contribution in [1.82, 2.24) is 5.32 Å². The molecule has 0 aliphatic heterocycles. The quantitative estimate of drug-likeness (QED) is 0.784. The van der Waals surface area contributed by atoms with E-state index in [0.29, 0.717) is 12.0 Å². The predicted molar refractivity (Wildman–Crippen MR) is 65.0 cm³/mol. The molecule has 0 saturated carbocycles. The molecule has 0 aromatic carbocycles. The number of hydrogen-bond acceptors (Lipinski definition) is 2. The van der Waals surface area contributed by atoms with Crippen molar-refractivity contribution < 1.29 is 0 Å².